The number of thiophene rings is 1. The molecule has 2 heterocycles. The zero-order chi connectivity index (χ0) is 22.1. The van der Waals surface area contributed by atoms with Gasteiger partial charge in [0.1, 0.15) is 4.83 Å². The van der Waals surface area contributed by atoms with E-state index < -0.39 is 36.5 Å². The van der Waals surface area contributed by atoms with Gasteiger partial charge in [-0.05, 0) is 18.9 Å². The molecule has 0 amide bonds. The van der Waals surface area contributed by atoms with Gasteiger partial charge < -0.3 is 9.84 Å². The van der Waals surface area contributed by atoms with Crippen molar-refractivity contribution in [2.24, 2.45) is 0 Å². The zero-order valence-electron chi connectivity index (χ0n) is 15.7. The Kier molecular flexibility index (Phi) is 6.01. The SMILES string of the molecule is Cc1c(OC(=O)O)sc2c1c(=O)n(CCc1ccccc1)c(=O)n2CCC(F)(F)F. The molecule has 30 heavy (non-hydrogen) atoms. The predicted octanol–water partition coefficient (Wildman–Crippen LogP) is 3.79. The molecule has 2 aromatic heterocycles. The summed E-state index contributed by atoms with van der Waals surface area (Å²) in [5.74, 6) is 0. The largest absolute Gasteiger partial charge is 0.512 e. The van der Waals surface area contributed by atoms with Gasteiger partial charge in [0.15, 0.2) is 5.06 Å². The van der Waals surface area contributed by atoms with Gasteiger partial charge in [-0.1, -0.05) is 41.7 Å². The normalized spacial score (nSPS) is 11.7. The average Bonchev–Trinajstić information content (AvgIpc) is 2.97. The van der Waals surface area contributed by atoms with Crippen LogP contribution in [0.25, 0.3) is 10.2 Å². The summed E-state index contributed by atoms with van der Waals surface area (Å²) < 4.78 is 44.8. The van der Waals surface area contributed by atoms with Crippen molar-refractivity contribution in [1.29, 1.82) is 0 Å². The molecule has 7 nitrogen and oxygen atoms in total. The molecule has 11 heteroatoms. The minimum Gasteiger partial charge on any atom is -0.449 e. The van der Waals surface area contributed by atoms with Crippen LogP contribution < -0.4 is 16.0 Å². The molecule has 0 radical (unpaired) electrons. The second-order valence-corrected chi connectivity index (χ2v) is 7.52. The van der Waals surface area contributed by atoms with Crippen molar-refractivity contribution >= 4 is 27.7 Å². The lowest BCUT2D eigenvalue weighted by atomic mass is 10.1. The molecule has 0 aliphatic carbocycles. The third-order valence-electron chi connectivity index (χ3n) is 4.52. The Morgan fingerprint density at radius 3 is 2.40 bits per heavy atom. The van der Waals surface area contributed by atoms with E-state index in [4.69, 9.17) is 5.11 Å². The summed E-state index contributed by atoms with van der Waals surface area (Å²) in [6.45, 7) is 0.698. The van der Waals surface area contributed by atoms with E-state index in [0.717, 1.165) is 14.7 Å². The summed E-state index contributed by atoms with van der Waals surface area (Å²) in [7, 11) is 0. The number of carbonyl (C=O) groups is 1. The lowest BCUT2D eigenvalue weighted by molar-refractivity contribution is -0.136. The standard InChI is InChI=1S/C19H17F3N2O5S/c1-11-13-14(25)23(9-7-12-5-3-2-4-6-12)17(26)24(10-8-19(20,21)22)15(13)30-16(11)29-18(27)28/h2-6H,7-10H2,1H3,(H,27,28). The fourth-order valence-corrected chi connectivity index (χ4v) is 4.24. The fraction of sp³-hybridized carbons (Fsp3) is 0.316. The average molecular weight is 442 g/mol. The van der Waals surface area contributed by atoms with Crippen molar-refractivity contribution in [3.05, 3.63) is 62.3 Å². The molecule has 0 spiro atoms. The van der Waals surface area contributed by atoms with Crippen molar-refractivity contribution < 1.29 is 27.8 Å². The number of fused-ring (bicyclic) bond motifs is 1. The Bertz CT molecular complexity index is 1200. The number of alkyl halides is 3. The Labute approximate surface area is 171 Å². The molecule has 0 unspecified atom stereocenters. The van der Waals surface area contributed by atoms with E-state index in [-0.39, 0.29) is 27.4 Å². The zero-order valence-corrected chi connectivity index (χ0v) is 16.5. The molecule has 0 aliphatic rings. The Morgan fingerprint density at radius 1 is 1.13 bits per heavy atom. The van der Waals surface area contributed by atoms with Crippen LogP contribution in [0.1, 0.15) is 17.5 Å². The van der Waals surface area contributed by atoms with Crippen LogP contribution in [0.5, 0.6) is 5.06 Å². The minimum atomic E-state index is -4.51. The monoisotopic (exact) mass is 442 g/mol. The number of hydrogen-bond acceptors (Lipinski definition) is 5. The summed E-state index contributed by atoms with van der Waals surface area (Å²) in [4.78, 5) is 36.7. The molecule has 3 rings (SSSR count). The van der Waals surface area contributed by atoms with Crippen LogP contribution in [-0.2, 0) is 19.5 Å². The van der Waals surface area contributed by atoms with Gasteiger partial charge in [-0.15, -0.1) is 0 Å². The highest BCUT2D eigenvalue weighted by atomic mass is 32.1. The molecular weight excluding hydrogens is 425 g/mol. The highest BCUT2D eigenvalue weighted by molar-refractivity contribution is 7.20. The number of ether oxygens (including phenoxy) is 1. The molecule has 0 aliphatic heterocycles. The number of rotatable bonds is 6. The van der Waals surface area contributed by atoms with E-state index in [2.05, 4.69) is 4.74 Å². The number of carboxylic acid groups (broad SMARTS) is 1. The first-order valence-corrected chi connectivity index (χ1v) is 9.68. The van der Waals surface area contributed by atoms with E-state index in [1.165, 1.54) is 6.92 Å². The molecule has 0 atom stereocenters. The fourth-order valence-electron chi connectivity index (χ4n) is 3.07. The van der Waals surface area contributed by atoms with Gasteiger partial charge in [-0.3, -0.25) is 13.9 Å². The number of nitrogens with zero attached hydrogens (tertiary/aromatic N) is 2. The lowest BCUT2D eigenvalue weighted by Crippen LogP contribution is -2.40. The van der Waals surface area contributed by atoms with Crippen molar-refractivity contribution in [3.63, 3.8) is 0 Å². The van der Waals surface area contributed by atoms with Crippen LogP contribution in [0.15, 0.2) is 39.9 Å². The van der Waals surface area contributed by atoms with E-state index in [9.17, 15) is 27.6 Å². The molecule has 0 saturated heterocycles. The first-order chi connectivity index (χ1) is 14.1. The molecule has 0 bridgehead atoms. The van der Waals surface area contributed by atoms with Crippen LogP contribution in [0.4, 0.5) is 18.0 Å². The number of benzene rings is 1. The minimum absolute atomic E-state index is 0.0221. The van der Waals surface area contributed by atoms with Crippen molar-refractivity contribution in [2.45, 2.75) is 39.0 Å². The number of halogens is 3. The van der Waals surface area contributed by atoms with Gasteiger partial charge in [-0.25, -0.2) is 9.59 Å². The maximum Gasteiger partial charge on any atom is 0.512 e. The highest BCUT2D eigenvalue weighted by Crippen LogP contribution is 2.35. The summed E-state index contributed by atoms with van der Waals surface area (Å²) >= 11 is 0.660. The number of hydrogen-bond donors (Lipinski definition) is 1. The first kappa shape index (κ1) is 21.6. The van der Waals surface area contributed by atoms with Gasteiger partial charge in [0.2, 0.25) is 0 Å². The van der Waals surface area contributed by atoms with E-state index in [1.54, 1.807) is 24.3 Å². The molecule has 0 fully saturated rings. The van der Waals surface area contributed by atoms with Gasteiger partial charge >= 0.3 is 18.0 Å². The van der Waals surface area contributed by atoms with Gasteiger partial charge in [0, 0.05) is 18.7 Å². The number of aryl methyl sites for hydroxylation is 3. The maximum atomic E-state index is 13.0. The summed E-state index contributed by atoms with van der Waals surface area (Å²) in [5.41, 5.74) is -0.557. The molecule has 1 N–H and O–H groups in total. The predicted molar refractivity (Wildman–Crippen MR) is 105 cm³/mol. The molecule has 0 saturated carbocycles. The molecule has 3 aromatic rings. The van der Waals surface area contributed by atoms with Gasteiger partial charge in [0.05, 0.1) is 11.8 Å². The van der Waals surface area contributed by atoms with Gasteiger partial charge in [-0.2, -0.15) is 13.2 Å². The summed E-state index contributed by atoms with van der Waals surface area (Å²) in [6, 6.07) is 9.01. The third-order valence-corrected chi connectivity index (χ3v) is 5.71. The van der Waals surface area contributed by atoms with E-state index >= 15 is 0 Å². The van der Waals surface area contributed by atoms with Gasteiger partial charge in [0.25, 0.3) is 5.56 Å². The maximum absolute atomic E-state index is 13.0. The number of aromatic nitrogens is 2. The Hall–Kier alpha value is -3.08. The highest BCUT2D eigenvalue weighted by Gasteiger charge is 2.29. The lowest BCUT2D eigenvalue weighted by Gasteiger charge is -2.13. The van der Waals surface area contributed by atoms with E-state index in [0.29, 0.717) is 17.8 Å². The molecule has 160 valence electrons. The summed E-state index contributed by atoms with van der Waals surface area (Å²) in [6.07, 6.45) is -7.09. The Balaban J connectivity index is 2.15. The quantitative estimate of drug-likeness (QED) is 0.587. The van der Waals surface area contributed by atoms with Crippen molar-refractivity contribution in [2.75, 3.05) is 0 Å². The first-order valence-electron chi connectivity index (χ1n) is 8.86. The van der Waals surface area contributed by atoms with E-state index in [1.807, 2.05) is 6.07 Å². The Morgan fingerprint density at radius 2 is 1.80 bits per heavy atom. The topological polar surface area (TPSA) is 90.5 Å². The summed E-state index contributed by atoms with van der Waals surface area (Å²) in [5, 5.41) is 8.69. The van der Waals surface area contributed by atoms with Crippen LogP contribution >= 0.6 is 11.3 Å². The molecule has 1 aromatic carbocycles. The third kappa shape index (κ3) is 4.56. The second-order valence-electron chi connectivity index (χ2n) is 6.55. The van der Waals surface area contributed by atoms with Crippen LogP contribution in [-0.4, -0.2) is 26.6 Å². The van der Waals surface area contributed by atoms with Crippen LogP contribution in [0.3, 0.4) is 0 Å². The van der Waals surface area contributed by atoms with Crippen LogP contribution in [0.2, 0.25) is 0 Å². The second kappa shape index (κ2) is 8.34. The molecular formula is C19H17F3N2O5S. The van der Waals surface area contributed by atoms with Crippen molar-refractivity contribution in [1.82, 2.24) is 9.13 Å². The van der Waals surface area contributed by atoms with Crippen LogP contribution in [0, 0.1) is 6.92 Å². The smallest absolute Gasteiger partial charge is 0.449 e. The van der Waals surface area contributed by atoms with Crippen molar-refractivity contribution in [3.8, 4) is 5.06 Å².